The Hall–Kier alpha value is -3.29. The smallest absolute Gasteiger partial charge is 0.387 e. The van der Waals surface area contributed by atoms with E-state index >= 15 is 0 Å². The van der Waals surface area contributed by atoms with Crippen molar-refractivity contribution in [3.63, 3.8) is 0 Å². The molecule has 3 rings (SSSR count). The molecule has 0 fully saturated rings. The van der Waals surface area contributed by atoms with E-state index in [-0.39, 0.29) is 11.4 Å². The van der Waals surface area contributed by atoms with Crippen molar-refractivity contribution in [2.45, 2.75) is 13.2 Å². The van der Waals surface area contributed by atoms with E-state index in [0.717, 1.165) is 5.56 Å². The van der Waals surface area contributed by atoms with Crippen LogP contribution in [0.25, 0.3) is 10.9 Å². The SMILES string of the molecule is O=[N+]([O-])c1ccc2nc(NCc3cccc(OC(F)F)c3)ccc2c1. The van der Waals surface area contributed by atoms with E-state index in [1.807, 2.05) is 0 Å². The van der Waals surface area contributed by atoms with Gasteiger partial charge in [0.25, 0.3) is 5.69 Å². The van der Waals surface area contributed by atoms with Gasteiger partial charge in [-0.05, 0) is 35.9 Å². The highest BCUT2D eigenvalue weighted by atomic mass is 19.3. The highest BCUT2D eigenvalue weighted by molar-refractivity contribution is 5.82. The summed E-state index contributed by atoms with van der Waals surface area (Å²) in [6, 6.07) is 14.2. The minimum Gasteiger partial charge on any atom is -0.435 e. The predicted molar refractivity (Wildman–Crippen MR) is 88.8 cm³/mol. The minimum atomic E-state index is -2.87. The van der Waals surface area contributed by atoms with Crippen LogP contribution in [0.4, 0.5) is 20.3 Å². The molecule has 1 heterocycles. The number of anilines is 1. The lowest BCUT2D eigenvalue weighted by Gasteiger charge is -2.09. The highest BCUT2D eigenvalue weighted by Gasteiger charge is 2.08. The summed E-state index contributed by atoms with van der Waals surface area (Å²) >= 11 is 0. The van der Waals surface area contributed by atoms with Crippen molar-refractivity contribution >= 4 is 22.4 Å². The standard InChI is InChI=1S/C17H13F2N3O3/c18-17(19)25-14-3-1-2-11(8-14)10-20-16-7-4-12-9-13(22(23)24)5-6-15(12)21-16/h1-9,17H,10H2,(H,20,21). The molecule has 0 amide bonds. The first-order valence-electron chi connectivity index (χ1n) is 7.34. The maximum Gasteiger partial charge on any atom is 0.387 e. The van der Waals surface area contributed by atoms with Gasteiger partial charge < -0.3 is 10.1 Å². The van der Waals surface area contributed by atoms with E-state index in [2.05, 4.69) is 15.0 Å². The zero-order valence-electron chi connectivity index (χ0n) is 12.9. The Kier molecular flexibility index (Phi) is 4.69. The number of aromatic nitrogens is 1. The van der Waals surface area contributed by atoms with Crippen molar-refractivity contribution in [1.29, 1.82) is 0 Å². The molecule has 25 heavy (non-hydrogen) atoms. The first-order valence-corrected chi connectivity index (χ1v) is 7.34. The number of nitrogens with zero attached hydrogens (tertiary/aromatic N) is 2. The molecule has 0 spiro atoms. The van der Waals surface area contributed by atoms with Gasteiger partial charge in [-0.25, -0.2) is 4.98 Å². The minimum absolute atomic E-state index is 0.00542. The summed E-state index contributed by atoms with van der Waals surface area (Å²) in [5.41, 5.74) is 1.37. The average Bonchev–Trinajstić information content (AvgIpc) is 2.59. The Morgan fingerprint density at radius 2 is 2.00 bits per heavy atom. The maximum atomic E-state index is 12.2. The van der Waals surface area contributed by atoms with Crippen LogP contribution in [0, 0.1) is 10.1 Å². The molecule has 3 aromatic rings. The number of rotatable bonds is 6. The van der Waals surface area contributed by atoms with Crippen molar-refractivity contribution in [2.75, 3.05) is 5.32 Å². The van der Waals surface area contributed by atoms with Crippen LogP contribution >= 0.6 is 0 Å². The number of halogens is 2. The molecular formula is C17H13F2N3O3. The van der Waals surface area contributed by atoms with Crippen LogP contribution in [-0.2, 0) is 6.54 Å². The summed E-state index contributed by atoms with van der Waals surface area (Å²) < 4.78 is 28.8. The number of hydrogen-bond acceptors (Lipinski definition) is 5. The van der Waals surface area contributed by atoms with Crippen LogP contribution in [0.2, 0.25) is 0 Å². The third-order valence-electron chi connectivity index (χ3n) is 3.48. The Balaban J connectivity index is 1.73. The first kappa shape index (κ1) is 16.6. The second-order valence-corrected chi connectivity index (χ2v) is 5.21. The van der Waals surface area contributed by atoms with E-state index in [9.17, 15) is 18.9 Å². The van der Waals surface area contributed by atoms with Gasteiger partial charge in [-0.15, -0.1) is 0 Å². The summed E-state index contributed by atoms with van der Waals surface area (Å²) in [6.07, 6.45) is 0. The lowest BCUT2D eigenvalue weighted by molar-refractivity contribution is -0.384. The molecular weight excluding hydrogens is 332 g/mol. The fraction of sp³-hybridized carbons (Fsp3) is 0.118. The van der Waals surface area contributed by atoms with Gasteiger partial charge in [-0.3, -0.25) is 10.1 Å². The molecule has 2 aromatic carbocycles. The quantitative estimate of drug-likeness (QED) is 0.531. The number of fused-ring (bicyclic) bond motifs is 1. The Bertz CT molecular complexity index is 919. The molecule has 1 N–H and O–H groups in total. The number of alkyl halides is 2. The summed E-state index contributed by atoms with van der Waals surface area (Å²) in [7, 11) is 0. The zero-order chi connectivity index (χ0) is 17.8. The third kappa shape index (κ3) is 4.17. The van der Waals surface area contributed by atoms with Crippen molar-refractivity contribution in [1.82, 2.24) is 4.98 Å². The molecule has 128 valence electrons. The number of nitro groups is 1. The van der Waals surface area contributed by atoms with Gasteiger partial charge in [0.1, 0.15) is 11.6 Å². The second kappa shape index (κ2) is 7.08. The van der Waals surface area contributed by atoms with Crippen LogP contribution in [0.15, 0.2) is 54.6 Å². The van der Waals surface area contributed by atoms with E-state index in [4.69, 9.17) is 0 Å². The van der Waals surface area contributed by atoms with Gasteiger partial charge in [0.15, 0.2) is 0 Å². The highest BCUT2D eigenvalue weighted by Crippen LogP contribution is 2.22. The van der Waals surface area contributed by atoms with Gasteiger partial charge >= 0.3 is 6.61 Å². The normalized spacial score (nSPS) is 10.8. The predicted octanol–water partition coefficient (Wildman–Crippen LogP) is 4.36. The van der Waals surface area contributed by atoms with Gasteiger partial charge in [0.05, 0.1) is 10.4 Å². The van der Waals surface area contributed by atoms with E-state index in [1.54, 1.807) is 30.3 Å². The molecule has 0 atom stereocenters. The van der Waals surface area contributed by atoms with Crippen molar-refractivity contribution in [3.05, 3.63) is 70.3 Å². The van der Waals surface area contributed by atoms with Crippen molar-refractivity contribution in [3.8, 4) is 5.75 Å². The number of benzene rings is 2. The monoisotopic (exact) mass is 345 g/mol. The molecule has 0 saturated carbocycles. The molecule has 0 unspecified atom stereocenters. The molecule has 0 saturated heterocycles. The molecule has 0 aliphatic rings. The van der Waals surface area contributed by atoms with Gasteiger partial charge in [0.2, 0.25) is 0 Å². The fourth-order valence-corrected chi connectivity index (χ4v) is 2.35. The molecule has 0 aliphatic heterocycles. The van der Waals surface area contributed by atoms with Crippen molar-refractivity contribution < 1.29 is 18.4 Å². The van der Waals surface area contributed by atoms with Gasteiger partial charge in [-0.1, -0.05) is 12.1 Å². The second-order valence-electron chi connectivity index (χ2n) is 5.21. The number of ether oxygens (including phenoxy) is 1. The number of nitro benzene ring substituents is 1. The molecule has 0 aliphatic carbocycles. The molecule has 6 nitrogen and oxygen atoms in total. The Labute approximate surface area is 141 Å². The maximum absolute atomic E-state index is 12.2. The molecule has 0 radical (unpaired) electrons. The van der Waals surface area contributed by atoms with Crippen LogP contribution in [0.5, 0.6) is 5.75 Å². The largest absolute Gasteiger partial charge is 0.435 e. The third-order valence-corrected chi connectivity index (χ3v) is 3.48. The topological polar surface area (TPSA) is 77.3 Å². The Morgan fingerprint density at radius 3 is 2.76 bits per heavy atom. The number of nitrogens with one attached hydrogen (secondary N) is 1. The van der Waals surface area contributed by atoms with E-state index in [1.165, 1.54) is 24.3 Å². The average molecular weight is 345 g/mol. The molecule has 0 bridgehead atoms. The number of hydrogen-bond donors (Lipinski definition) is 1. The van der Waals surface area contributed by atoms with Gasteiger partial charge in [-0.2, -0.15) is 8.78 Å². The Morgan fingerprint density at radius 1 is 1.16 bits per heavy atom. The molecule has 8 heteroatoms. The summed E-state index contributed by atoms with van der Waals surface area (Å²) in [6.45, 7) is -2.50. The first-order chi connectivity index (χ1) is 12.0. The number of pyridine rings is 1. The number of non-ortho nitro benzene ring substituents is 1. The summed E-state index contributed by atoms with van der Waals surface area (Å²) in [4.78, 5) is 14.7. The van der Waals surface area contributed by atoms with Crippen LogP contribution in [0.1, 0.15) is 5.56 Å². The lowest BCUT2D eigenvalue weighted by Crippen LogP contribution is -2.04. The molecule has 1 aromatic heterocycles. The van der Waals surface area contributed by atoms with E-state index < -0.39 is 11.5 Å². The lowest BCUT2D eigenvalue weighted by atomic mass is 10.2. The summed E-state index contributed by atoms with van der Waals surface area (Å²) in [5.74, 6) is 0.662. The van der Waals surface area contributed by atoms with Gasteiger partial charge in [0, 0.05) is 24.1 Å². The summed E-state index contributed by atoms with van der Waals surface area (Å²) in [5, 5.41) is 14.5. The van der Waals surface area contributed by atoms with E-state index in [0.29, 0.717) is 23.3 Å². The fourth-order valence-electron chi connectivity index (χ4n) is 2.35. The van der Waals surface area contributed by atoms with Crippen LogP contribution in [-0.4, -0.2) is 16.5 Å². The van der Waals surface area contributed by atoms with Crippen LogP contribution < -0.4 is 10.1 Å². The van der Waals surface area contributed by atoms with Crippen LogP contribution in [0.3, 0.4) is 0 Å². The van der Waals surface area contributed by atoms with Crippen molar-refractivity contribution in [2.24, 2.45) is 0 Å². The zero-order valence-corrected chi connectivity index (χ0v) is 12.9.